The van der Waals surface area contributed by atoms with Crippen LogP contribution in [0.15, 0.2) is 0 Å². The van der Waals surface area contributed by atoms with Crippen LogP contribution in [0.3, 0.4) is 0 Å². The highest BCUT2D eigenvalue weighted by atomic mass is 35.5. The van der Waals surface area contributed by atoms with E-state index in [0.29, 0.717) is 6.42 Å². The average Bonchev–Trinajstić information content (AvgIpc) is 2.25. The smallest absolute Gasteiger partial charge is 0.222 e. The Labute approximate surface area is 106 Å². The Morgan fingerprint density at radius 3 is 2.31 bits per heavy atom. The van der Waals surface area contributed by atoms with Gasteiger partial charge in [-0.1, -0.05) is 26.2 Å². The molecule has 0 aromatic rings. The molecule has 0 heterocycles. The largest absolute Gasteiger partial charge is 0.346 e. The van der Waals surface area contributed by atoms with E-state index in [1.165, 1.54) is 0 Å². The molecule has 0 aromatic carbocycles. The second-order valence-electron chi connectivity index (χ2n) is 4.12. The molecule has 0 rings (SSSR count). The van der Waals surface area contributed by atoms with Crippen molar-refractivity contribution < 1.29 is 4.79 Å². The van der Waals surface area contributed by atoms with Crippen LogP contribution in [-0.2, 0) is 4.79 Å². The molecule has 1 amide bonds. The van der Waals surface area contributed by atoms with Crippen molar-refractivity contribution in [1.29, 1.82) is 0 Å². The van der Waals surface area contributed by atoms with Gasteiger partial charge >= 0.3 is 0 Å². The minimum Gasteiger partial charge on any atom is -0.346 e. The van der Waals surface area contributed by atoms with Crippen molar-refractivity contribution in [2.24, 2.45) is 5.73 Å². The number of hydrogen-bond acceptors (Lipinski definition) is 2. The maximum absolute atomic E-state index is 11.6. The summed E-state index contributed by atoms with van der Waals surface area (Å²) in [5, 5.41) is 0. The summed E-state index contributed by atoms with van der Waals surface area (Å²) < 4.78 is 0. The third-order valence-corrected chi connectivity index (χ3v) is 2.62. The van der Waals surface area contributed by atoms with E-state index in [-0.39, 0.29) is 18.3 Å². The summed E-state index contributed by atoms with van der Waals surface area (Å²) in [6.07, 6.45) is 7.33. The quantitative estimate of drug-likeness (QED) is 0.640. The predicted molar refractivity (Wildman–Crippen MR) is 71.9 cm³/mol. The lowest BCUT2D eigenvalue weighted by atomic mass is 10.1. The van der Waals surface area contributed by atoms with Gasteiger partial charge in [0.25, 0.3) is 0 Å². The fraction of sp³-hybridized carbons (Fsp3) is 0.917. The molecule has 0 spiro atoms. The SMILES string of the molecule is CCCCN(C)C(=O)CCCCCCN.Cl. The normalized spacial score (nSPS) is 9.69. The molecule has 3 nitrogen and oxygen atoms in total. The number of nitrogens with zero attached hydrogens (tertiary/aromatic N) is 1. The fourth-order valence-corrected chi connectivity index (χ4v) is 1.48. The van der Waals surface area contributed by atoms with Crippen molar-refractivity contribution in [1.82, 2.24) is 4.90 Å². The number of halogens is 1. The van der Waals surface area contributed by atoms with E-state index in [2.05, 4.69) is 6.92 Å². The molecule has 0 aromatic heterocycles. The molecule has 0 aliphatic rings. The molecule has 0 atom stereocenters. The first-order valence-electron chi connectivity index (χ1n) is 6.16. The molecule has 0 aliphatic heterocycles. The van der Waals surface area contributed by atoms with Crippen molar-refractivity contribution in [3.63, 3.8) is 0 Å². The number of amides is 1. The molecule has 16 heavy (non-hydrogen) atoms. The molecule has 0 saturated heterocycles. The van der Waals surface area contributed by atoms with E-state index in [4.69, 9.17) is 5.73 Å². The second kappa shape index (κ2) is 12.8. The zero-order chi connectivity index (χ0) is 11.5. The van der Waals surface area contributed by atoms with E-state index in [1.807, 2.05) is 11.9 Å². The van der Waals surface area contributed by atoms with Crippen molar-refractivity contribution in [2.45, 2.75) is 51.9 Å². The first-order valence-corrected chi connectivity index (χ1v) is 6.16. The summed E-state index contributed by atoms with van der Waals surface area (Å²) in [7, 11) is 1.90. The summed E-state index contributed by atoms with van der Waals surface area (Å²) in [6.45, 7) is 3.81. The van der Waals surface area contributed by atoms with Gasteiger partial charge in [0.05, 0.1) is 0 Å². The first kappa shape index (κ1) is 18.1. The zero-order valence-corrected chi connectivity index (χ0v) is 11.5. The predicted octanol–water partition coefficient (Wildman–Crippen LogP) is 2.58. The van der Waals surface area contributed by atoms with Crippen molar-refractivity contribution in [3.05, 3.63) is 0 Å². The highest BCUT2D eigenvalue weighted by Crippen LogP contribution is 2.04. The number of unbranched alkanes of at least 4 members (excludes halogenated alkanes) is 4. The van der Waals surface area contributed by atoms with E-state index in [0.717, 1.165) is 51.6 Å². The van der Waals surface area contributed by atoms with Gasteiger partial charge in [-0.25, -0.2) is 0 Å². The van der Waals surface area contributed by atoms with Crippen LogP contribution in [0.1, 0.15) is 51.9 Å². The van der Waals surface area contributed by atoms with Crippen LogP contribution in [0.25, 0.3) is 0 Å². The number of carbonyl (C=O) groups excluding carboxylic acids is 1. The summed E-state index contributed by atoms with van der Waals surface area (Å²) in [6, 6.07) is 0. The number of hydrogen-bond donors (Lipinski definition) is 1. The van der Waals surface area contributed by atoms with Gasteiger partial charge in [0.2, 0.25) is 5.91 Å². The summed E-state index contributed by atoms with van der Waals surface area (Å²) >= 11 is 0. The molecule has 0 unspecified atom stereocenters. The molecule has 0 aliphatic carbocycles. The van der Waals surface area contributed by atoms with Gasteiger partial charge < -0.3 is 10.6 Å². The number of carbonyl (C=O) groups is 1. The van der Waals surface area contributed by atoms with Crippen LogP contribution in [0.2, 0.25) is 0 Å². The molecule has 0 bridgehead atoms. The van der Waals surface area contributed by atoms with E-state index < -0.39 is 0 Å². The average molecular weight is 251 g/mol. The number of rotatable bonds is 9. The summed E-state index contributed by atoms with van der Waals surface area (Å²) in [4.78, 5) is 13.4. The van der Waals surface area contributed by atoms with Gasteiger partial charge in [0.15, 0.2) is 0 Å². The van der Waals surface area contributed by atoms with Crippen LogP contribution < -0.4 is 5.73 Å². The Hall–Kier alpha value is -0.280. The zero-order valence-electron chi connectivity index (χ0n) is 10.7. The molecule has 4 heteroatoms. The van der Waals surface area contributed by atoms with Crippen molar-refractivity contribution in [2.75, 3.05) is 20.1 Å². The highest BCUT2D eigenvalue weighted by Gasteiger charge is 2.06. The fourth-order valence-electron chi connectivity index (χ4n) is 1.48. The van der Waals surface area contributed by atoms with Gasteiger partial charge in [-0.3, -0.25) is 4.79 Å². The van der Waals surface area contributed by atoms with Gasteiger partial charge in [-0.2, -0.15) is 0 Å². The molecule has 0 saturated carbocycles. The molecule has 0 fully saturated rings. The third-order valence-electron chi connectivity index (χ3n) is 2.62. The second-order valence-corrected chi connectivity index (χ2v) is 4.12. The Balaban J connectivity index is 0. The lowest BCUT2D eigenvalue weighted by Crippen LogP contribution is -2.27. The summed E-state index contributed by atoms with van der Waals surface area (Å²) in [5.41, 5.74) is 5.40. The van der Waals surface area contributed by atoms with Crippen LogP contribution >= 0.6 is 12.4 Å². The summed E-state index contributed by atoms with van der Waals surface area (Å²) in [5.74, 6) is 0.288. The molecule has 2 N–H and O–H groups in total. The van der Waals surface area contributed by atoms with E-state index in [1.54, 1.807) is 0 Å². The lowest BCUT2D eigenvalue weighted by molar-refractivity contribution is -0.130. The van der Waals surface area contributed by atoms with Gasteiger partial charge in [-0.05, 0) is 25.8 Å². The molecular formula is C12H27ClN2O. The highest BCUT2D eigenvalue weighted by molar-refractivity contribution is 5.85. The maximum Gasteiger partial charge on any atom is 0.222 e. The molecule has 0 radical (unpaired) electrons. The van der Waals surface area contributed by atoms with Gasteiger partial charge in [0.1, 0.15) is 0 Å². The maximum atomic E-state index is 11.6. The van der Waals surface area contributed by atoms with Crippen LogP contribution in [0.5, 0.6) is 0 Å². The third kappa shape index (κ3) is 10.2. The van der Waals surface area contributed by atoms with Crippen LogP contribution in [-0.4, -0.2) is 30.9 Å². The van der Waals surface area contributed by atoms with Crippen molar-refractivity contribution in [3.8, 4) is 0 Å². The molecule has 98 valence electrons. The Kier molecular flexibility index (Phi) is 14.5. The van der Waals surface area contributed by atoms with Crippen LogP contribution in [0.4, 0.5) is 0 Å². The van der Waals surface area contributed by atoms with Gasteiger partial charge in [0, 0.05) is 20.0 Å². The number of nitrogens with two attached hydrogens (primary N) is 1. The minimum absolute atomic E-state index is 0. The molecular weight excluding hydrogens is 224 g/mol. The minimum atomic E-state index is 0. The van der Waals surface area contributed by atoms with E-state index >= 15 is 0 Å². The Morgan fingerprint density at radius 1 is 1.12 bits per heavy atom. The van der Waals surface area contributed by atoms with Gasteiger partial charge in [-0.15, -0.1) is 12.4 Å². The monoisotopic (exact) mass is 250 g/mol. The first-order chi connectivity index (χ1) is 7.22. The Morgan fingerprint density at radius 2 is 1.75 bits per heavy atom. The Bertz CT molecular complexity index is 165. The standard InChI is InChI=1S/C12H26N2O.ClH/c1-3-4-11-14(2)12(15)9-7-5-6-8-10-13;/h3-11,13H2,1-2H3;1H. The lowest BCUT2D eigenvalue weighted by Gasteiger charge is -2.16. The van der Waals surface area contributed by atoms with Crippen LogP contribution in [0, 0.1) is 0 Å². The van der Waals surface area contributed by atoms with E-state index in [9.17, 15) is 4.79 Å². The van der Waals surface area contributed by atoms with Crippen molar-refractivity contribution >= 4 is 18.3 Å². The topological polar surface area (TPSA) is 46.3 Å².